The van der Waals surface area contributed by atoms with Gasteiger partial charge < -0.3 is 10.4 Å². The molecule has 0 radical (unpaired) electrons. The maximum atomic E-state index is 12.0. The molecule has 0 spiro atoms. The van der Waals surface area contributed by atoms with Crippen molar-refractivity contribution in [3.63, 3.8) is 0 Å². The average molecular weight is 294 g/mol. The molecule has 1 unspecified atom stereocenters. The Bertz CT molecular complexity index is 568. The van der Waals surface area contributed by atoms with Crippen molar-refractivity contribution in [2.24, 2.45) is 11.8 Å². The summed E-state index contributed by atoms with van der Waals surface area (Å²) in [6.07, 6.45) is 0. The molecule has 0 aliphatic heterocycles. The summed E-state index contributed by atoms with van der Waals surface area (Å²) in [5, 5.41) is 22.4. The van der Waals surface area contributed by atoms with Crippen LogP contribution in [0.5, 0.6) is 0 Å². The summed E-state index contributed by atoms with van der Waals surface area (Å²) in [6.45, 7) is 5.07. The number of rotatable bonds is 6. The predicted molar refractivity (Wildman–Crippen MR) is 76.1 cm³/mol. The number of carboxylic acids is 1. The third-order valence-corrected chi connectivity index (χ3v) is 3.27. The number of aryl methyl sites for hydroxylation is 1. The summed E-state index contributed by atoms with van der Waals surface area (Å²) in [5.41, 5.74) is 0.462. The zero-order valence-electron chi connectivity index (χ0n) is 12.1. The van der Waals surface area contributed by atoms with E-state index in [1.54, 1.807) is 20.8 Å². The van der Waals surface area contributed by atoms with E-state index in [9.17, 15) is 19.7 Å². The third kappa shape index (κ3) is 4.27. The van der Waals surface area contributed by atoms with Crippen LogP contribution in [0, 0.1) is 28.9 Å². The fraction of sp³-hybridized carbons (Fsp3) is 0.429. The van der Waals surface area contributed by atoms with Crippen LogP contribution in [0.4, 0.5) is 5.69 Å². The topological polar surface area (TPSA) is 110 Å². The van der Waals surface area contributed by atoms with E-state index in [-0.39, 0.29) is 23.7 Å². The van der Waals surface area contributed by atoms with Crippen molar-refractivity contribution in [1.82, 2.24) is 5.32 Å². The van der Waals surface area contributed by atoms with Crippen LogP contribution in [-0.4, -0.2) is 28.5 Å². The fourth-order valence-electron chi connectivity index (χ4n) is 1.86. The fourth-order valence-corrected chi connectivity index (χ4v) is 1.86. The first-order valence-corrected chi connectivity index (χ1v) is 6.50. The van der Waals surface area contributed by atoms with Gasteiger partial charge in [0.1, 0.15) is 0 Å². The van der Waals surface area contributed by atoms with Gasteiger partial charge >= 0.3 is 5.97 Å². The van der Waals surface area contributed by atoms with Crippen molar-refractivity contribution in [1.29, 1.82) is 0 Å². The van der Waals surface area contributed by atoms with Gasteiger partial charge in [-0.2, -0.15) is 0 Å². The Hall–Kier alpha value is -2.44. The number of nitro benzene ring substituents is 1. The number of nitrogens with zero attached hydrogens (tertiary/aromatic N) is 1. The van der Waals surface area contributed by atoms with Gasteiger partial charge in [0.15, 0.2) is 0 Å². The van der Waals surface area contributed by atoms with Crippen LogP contribution in [0.3, 0.4) is 0 Å². The number of nitrogens with one attached hydrogen (secondary N) is 1. The Morgan fingerprint density at radius 3 is 2.48 bits per heavy atom. The van der Waals surface area contributed by atoms with Crippen LogP contribution in [0.2, 0.25) is 0 Å². The van der Waals surface area contributed by atoms with Gasteiger partial charge in [0.05, 0.1) is 10.8 Å². The highest BCUT2D eigenvalue weighted by Gasteiger charge is 2.22. The summed E-state index contributed by atoms with van der Waals surface area (Å²) >= 11 is 0. The van der Waals surface area contributed by atoms with Gasteiger partial charge in [-0.05, 0) is 18.9 Å². The zero-order valence-corrected chi connectivity index (χ0v) is 12.1. The lowest BCUT2D eigenvalue weighted by atomic mass is 9.96. The molecule has 0 aromatic heterocycles. The molecule has 0 aliphatic rings. The lowest BCUT2D eigenvalue weighted by molar-refractivity contribution is -0.385. The van der Waals surface area contributed by atoms with Gasteiger partial charge in [0, 0.05) is 23.7 Å². The molecule has 0 fully saturated rings. The van der Waals surface area contributed by atoms with E-state index in [1.807, 2.05) is 0 Å². The maximum absolute atomic E-state index is 12.0. The molecule has 1 atom stereocenters. The Kier molecular flexibility index (Phi) is 5.40. The smallest absolute Gasteiger partial charge is 0.308 e. The van der Waals surface area contributed by atoms with Crippen LogP contribution < -0.4 is 5.32 Å². The van der Waals surface area contributed by atoms with E-state index in [0.717, 1.165) is 0 Å². The van der Waals surface area contributed by atoms with Crippen LogP contribution in [0.25, 0.3) is 0 Å². The monoisotopic (exact) mass is 294 g/mol. The molecule has 0 bridgehead atoms. The van der Waals surface area contributed by atoms with Crippen molar-refractivity contribution in [2.75, 3.05) is 6.54 Å². The highest BCUT2D eigenvalue weighted by Crippen LogP contribution is 2.19. The number of carbonyl (C=O) groups is 2. The van der Waals surface area contributed by atoms with Gasteiger partial charge in [0.2, 0.25) is 0 Å². The molecule has 1 aromatic carbocycles. The molecule has 2 N–H and O–H groups in total. The molecule has 1 aromatic rings. The first-order chi connectivity index (χ1) is 9.73. The number of nitro groups is 1. The molecule has 7 nitrogen and oxygen atoms in total. The van der Waals surface area contributed by atoms with E-state index in [1.165, 1.54) is 18.2 Å². The van der Waals surface area contributed by atoms with Gasteiger partial charge in [-0.25, -0.2) is 0 Å². The molecule has 21 heavy (non-hydrogen) atoms. The Morgan fingerprint density at radius 1 is 1.38 bits per heavy atom. The quantitative estimate of drug-likeness (QED) is 0.616. The highest BCUT2D eigenvalue weighted by molar-refractivity contribution is 5.95. The molecule has 1 amide bonds. The minimum Gasteiger partial charge on any atom is -0.481 e. The van der Waals surface area contributed by atoms with Crippen LogP contribution in [0.15, 0.2) is 18.2 Å². The van der Waals surface area contributed by atoms with Crippen molar-refractivity contribution < 1.29 is 19.6 Å². The maximum Gasteiger partial charge on any atom is 0.308 e. The first kappa shape index (κ1) is 16.6. The van der Waals surface area contributed by atoms with E-state index in [0.29, 0.717) is 5.56 Å². The molecular formula is C14H18N2O5. The third-order valence-electron chi connectivity index (χ3n) is 3.27. The second-order valence-corrected chi connectivity index (χ2v) is 5.16. The average Bonchev–Trinajstić information content (AvgIpc) is 2.37. The lowest BCUT2D eigenvalue weighted by Crippen LogP contribution is -2.35. The molecule has 0 saturated heterocycles. The normalized spacial score (nSPS) is 12.0. The van der Waals surface area contributed by atoms with Crippen molar-refractivity contribution in [3.05, 3.63) is 39.4 Å². The number of amides is 1. The van der Waals surface area contributed by atoms with Crippen LogP contribution >= 0.6 is 0 Å². The van der Waals surface area contributed by atoms with Crippen molar-refractivity contribution in [3.8, 4) is 0 Å². The summed E-state index contributed by atoms with van der Waals surface area (Å²) in [6, 6.07) is 4.16. The van der Waals surface area contributed by atoms with E-state index in [4.69, 9.17) is 5.11 Å². The first-order valence-electron chi connectivity index (χ1n) is 6.50. The van der Waals surface area contributed by atoms with Crippen molar-refractivity contribution in [2.45, 2.75) is 20.8 Å². The Balaban J connectivity index is 2.83. The number of hydrogen-bond donors (Lipinski definition) is 2. The summed E-state index contributed by atoms with van der Waals surface area (Å²) in [4.78, 5) is 33.3. The number of carboxylic acid groups (broad SMARTS) is 1. The largest absolute Gasteiger partial charge is 0.481 e. The van der Waals surface area contributed by atoms with Crippen molar-refractivity contribution >= 4 is 17.6 Å². The number of hydrogen-bond acceptors (Lipinski definition) is 4. The number of benzene rings is 1. The van der Waals surface area contributed by atoms with E-state index < -0.39 is 22.7 Å². The Labute approximate surface area is 122 Å². The van der Waals surface area contributed by atoms with Crippen LogP contribution in [0.1, 0.15) is 29.8 Å². The molecule has 114 valence electrons. The lowest BCUT2D eigenvalue weighted by Gasteiger charge is -2.16. The van der Waals surface area contributed by atoms with Gasteiger partial charge in [-0.1, -0.05) is 19.9 Å². The molecule has 0 aliphatic carbocycles. The SMILES string of the molecule is Cc1ccc(C(=O)NCC(C(=O)O)C(C)C)cc1[N+](=O)[O-]. The second-order valence-electron chi connectivity index (χ2n) is 5.16. The van der Waals surface area contributed by atoms with E-state index >= 15 is 0 Å². The minimum atomic E-state index is -0.986. The molecular weight excluding hydrogens is 276 g/mol. The standard InChI is InChI=1S/C14H18N2O5/c1-8(2)11(14(18)19)7-15-13(17)10-5-4-9(3)12(6-10)16(20)21/h4-6,8,11H,7H2,1-3H3,(H,15,17)(H,18,19). The molecule has 7 heteroatoms. The minimum absolute atomic E-state index is 0.0203. The van der Waals surface area contributed by atoms with Gasteiger partial charge in [-0.3, -0.25) is 19.7 Å². The second kappa shape index (κ2) is 6.83. The predicted octanol–water partition coefficient (Wildman–Crippen LogP) is 1.99. The Morgan fingerprint density at radius 2 is 2.00 bits per heavy atom. The van der Waals surface area contributed by atoms with Gasteiger partial charge in [0.25, 0.3) is 11.6 Å². The van der Waals surface area contributed by atoms with E-state index in [2.05, 4.69) is 5.32 Å². The zero-order chi connectivity index (χ0) is 16.2. The van der Waals surface area contributed by atoms with Crippen LogP contribution in [-0.2, 0) is 4.79 Å². The molecule has 0 heterocycles. The number of aliphatic carboxylic acids is 1. The summed E-state index contributed by atoms with van der Waals surface area (Å²) in [5.74, 6) is -2.34. The summed E-state index contributed by atoms with van der Waals surface area (Å²) in [7, 11) is 0. The van der Waals surface area contributed by atoms with Gasteiger partial charge in [-0.15, -0.1) is 0 Å². The highest BCUT2D eigenvalue weighted by atomic mass is 16.6. The molecule has 1 rings (SSSR count). The molecule has 0 saturated carbocycles. The number of carbonyl (C=O) groups excluding carboxylic acids is 1. The summed E-state index contributed by atoms with van der Waals surface area (Å²) < 4.78 is 0.